The number of hydrogen-bond acceptors (Lipinski definition) is 5. The smallest absolute Gasteiger partial charge is 0.282 e. The maximum Gasteiger partial charge on any atom is 0.282 e. The molecular weight excluding hydrogens is 565 g/mol. The van der Waals surface area contributed by atoms with E-state index >= 15 is 0 Å². The molecule has 3 heterocycles. The summed E-state index contributed by atoms with van der Waals surface area (Å²) in [5, 5.41) is 6.74. The van der Waals surface area contributed by atoms with E-state index in [0.29, 0.717) is 49.4 Å². The third-order valence-electron chi connectivity index (χ3n) is 5.58. The van der Waals surface area contributed by atoms with E-state index in [1.165, 1.54) is 10.9 Å². The molecule has 0 amide bonds. The van der Waals surface area contributed by atoms with Gasteiger partial charge in [-0.2, -0.15) is 9.78 Å². The second-order valence-corrected chi connectivity index (χ2v) is 9.69. The Morgan fingerprint density at radius 2 is 1.78 bits per heavy atom. The van der Waals surface area contributed by atoms with Gasteiger partial charge in [-0.15, -0.1) is 0 Å². The largest absolute Gasteiger partial charge is 0.455 e. The Labute approximate surface area is 222 Å². The van der Waals surface area contributed by atoms with Crippen LogP contribution in [-0.4, -0.2) is 15.9 Å². The minimum absolute atomic E-state index is 0.273. The number of benzene rings is 3. The molecule has 6 nitrogen and oxygen atoms in total. The monoisotopic (exact) mass is 577 g/mol. The number of fused-ring (bicyclic) bond motifs is 2. The molecule has 6 rings (SSSR count). The van der Waals surface area contributed by atoms with Crippen LogP contribution in [0.1, 0.15) is 5.76 Å². The van der Waals surface area contributed by atoms with Crippen LogP contribution in [0.4, 0.5) is 0 Å². The van der Waals surface area contributed by atoms with E-state index in [1.54, 1.807) is 48.5 Å². The van der Waals surface area contributed by atoms with E-state index < -0.39 is 0 Å². The van der Waals surface area contributed by atoms with Gasteiger partial charge in [0.15, 0.2) is 5.76 Å². The maximum atomic E-state index is 13.4. The van der Waals surface area contributed by atoms with Gasteiger partial charge in [-0.25, -0.2) is 4.98 Å². The summed E-state index contributed by atoms with van der Waals surface area (Å²) in [6.45, 7) is 0. The van der Waals surface area contributed by atoms with Crippen LogP contribution in [0.5, 0.6) is 0 Å². The van der Waals surface area contributed by atoms with Crippen LogP contribution >= 0.6 is 39.1 Å². The summed E-state index contributed by atoms with van der Waals surface area (Å²) in [6.07, 6.45) is 1.45. The second kappa shape index (κ2) is 9.09. The lowest BCUT2D eigenvalue weighted by molar-refractivity contribution is 0.573. The lowest BCUT2D eigenvalue weighted by atomic mass is 10.2. The molecule has 9 heteroatoms. The molecule has 0 N–H and O–H groups in total. The normalized spacial score (nSPS) is 11.8. The van der Waals surface area contributed by atoms with Crippen molar-refractivity contribution in [3.05, 3.63) is 109 Å². The van der Waals surface area contributed by atoms with Gasteiger partial charge in [0, 0.05) is 20.4 Å². The molecule has 0 saturated carbocycles. The van der Waals surface area contributed by atoms with Crippen molar-refractivity contribution < 1.29 is 8.83 Å². The van der Waals surface area contributed by atoms with Crippen LogP contribution in [0.2, 0.25) is 10.0 Å². The number of aromatic nitrogens is 2. The molecule has 0 unspecified atom stereocenters. The van der Waals surface area contributed by atoms with E-state index in [0.717, 1.165) is 9.86 Å². The van der Waals surface area contributed by atoms with Crippen molar-refractivity contribution in [2.24, 2.45) is 5.10 Å². The second-order valence-electron chi connectivity index (χ2n) is 7.93. The molecule has 6 aromatic rings. The zero-order chi connectivity index (χ0) is 24.8. The number of hydrogen-bond donors (Lipinski definition) is 0. The summed E-state index contributed by atoms with van der Waals surface area (Å²) >= 11 is 15.8. The first-order valence-corrected chi connectivity index (χ1v) is 12.3. The van der Waals surface area contributed by atoms with Gasteiger partial charge in [-0.3, -0.25) is 4.79 Å². The van der Waals surface area contributed by atoms with Crippen molar-refractivity contribution in [2.45, 2.75) is 0 Å². The Balaban J connectivity index is 1.47. The van der Waals surface area contributed by atoms with Gasteiger partial charge in [-0.05, 0) is 66.7 Å². The highest BCUT2D eigenvalue weighted by Crippen LogP contribution is 2.32. The van der Waals surface area contributed by atoms with Crippen molar-refractivity contribution in [1.82, 2.24) is 9.66 Å². The molecular formula is C27H14BrCl2N3O3. The average molecular weight is 579 g/mol. The predicted octanol–water partition coefficient (Wildman–Crippen LogP) is 8.02. The van der Waals surface area contributed by atoms with Crippen molar-refractivity contribution in [1.29, 1.82) is 0 Å². The van der Waals surface area contributed by atoms with Crippen LogP contribution in [0.15, 0.2) is 102 Å². The Morgan fingerprint density at radius 1 is 0.917 bits per heavy atom. The zero-order valence-electron chi connectivity index (χ0n) is 18.3. The number of rotatable bonds is 4. The molecule has 0 spiro atoms. The van der Waals surface area contributed by atoms with Gasteiger partial charge in [0.1, 0.15) is 17.1 Å². The Bertz CT molecular complexity index is 1870. The van der Waals surface area contributed by atoms with Crippen molar-refractivity contribution >= 4 is 67.2 Å². The van der Waals surface area contributed by atoms with Crippen LogP contribution in [0.3, 0.4) is 0 Å². The van der Waals surface area contributed by atoms with Gasteiger partial charge in [0.25, 0.3) is 5.56 Å². The van der Waals surface area contributed by atoms with Gasteiger partial charge in [0.2, 0.25) is 5.82 Å². The van der Waals surface area contributed by atoms with Crippen LogP contribution in [0.25, 0.3) is 44.8 Å². The summed E-state index contributed by atoms with van der Waals surface area (Å²) < 4.78 is 14.1. The number of halogens is 3. The summed E-state index contributed by atoms with van der Waals surface area (Å²) in [5.41, 5.74) is 1.57. The molecule has 0 aliphatic heterocycles. The highest BCUT2D eigenvalue weighted by Gasteiger charge is 2.17. The fourth-order valence-electron chi connectivity index (χ4n) is 3.89. The van der Waals surface area contributed by atoms with E-state index in [9.17, 15) is 4.79 Å². The topological polar surface area (TPSA) is 73.5 Å². The minimum atomic E-state index is -0.332. The molecule has 36 heavy (non-hydrogen) atoms. The zero-order valence-corrected chi connectivity index (χ0v) is 21.4. The van der Waals surface area contributed by atoms with E-state index in [1.807, 2.05) is 30.3 Å². The first-order valence-electron chi connectivity index (χ1n) is 10.8. The molecule has 176 valence electrons. The molecule has 0 aliphatic carbocycles. The summed E-state index contributed by atoms with van der Waals surface area (Å²) in [4.78, 5) is 18.1. The molecule has 0 radical (unpaired) electrons. The Hall–Kier alpha value is -3.65. The highest BCUT2D eigenvalue weighted by atomic mass is 79.9. The quantitative estimate of drug-likeness (QED) is 0.198. The third-order valence-corrected chi connectivity index (χ3v) is 6.62. The van der Waals surface area contributed by atoms with E-state index in [-0.39, 0.29) is 11.4 Å². The number of furan rings is 2. The molecule has 3 aromatic carbocycles. The van der Waals surface area contributed by atoms with Gasteiger partial charge in [0.05, 0.1) is 22.1 Å². The highest BCUT2D eigenvalue weighted by molar-refractivity contribution is 9.10. The van der Waals surface area contributed by atoms with Crippen molar-refractivity contribution in [2.75, 3.05) is 0 Å². The molecule has 0 aliphatic rings. The van der Waals surface area contributed by atoms with E-state index in [4.69, 9.17) is 37.0 Å². The molecule has 0 fully saturated rings. The van der Waals surface area contributed by atoms with Crippen LogP contribution < -0.4 is 5.56 Å². The first kappa shape index (κ1) is 22.8. The summed E-state index contributed by atoms with van der Waals surface area (Å²) in [7, 11) is 0. The van der Waals surface area contributed by atoms with Crippen LogP contribution in [0, 0.1) is 0 Å². The Morgan fingerprint density at radius 3 is 2.64 bits per heavy atom. The maximum absolute atomic E-state index is 13.4. The van der Waals surface area contributed by atoms with Crippen molar-refractivity contribution in [3.8, 4) is 22.9 Å². The predicted molar refractivity (Wildman–Crippen MR) is 146 cm³/mol. The third kappa shape index (κ3) is 4.15. The molecule has 3 aromatic heterocycles. The van der Waals surface area contributed by atoms with Gasteiger partial charge >= 0.3 is 0 Å². The average Bonchev–Trinajstić information content (AvgIpc) is 3.50. The molecule has 0 atom stereocenters. The van der Waals surface area contributed by atoms with Gasteiger partial charge in [-0.1, -0.05) is 51.3 Å². The van der Waals surface area contributed by atoms with E-state index in [2.05, 4.69) is 21.0 Å². The number of nitrogens with zero attached hydrogens (tertiary/aromatic N) is 3. The lowest BCUT2D eigenvalue weighted by Crippen LogP contribution is -2.20. The lowest BCUT2D eigenvalue weighted by Gasteiger charge is -2.06. The Kier molecular flexibility index (Phi) is 5.76. The first-order chi connectivity index (χ1) is 17.5. The molecule has 0 saturated heterocycles. The summed E-state index contributed by atoms with van der Waals surface area (Å²) in [5.74, 6) is 1.66. The van der Waals surface area contributed by atoms with Crippen molar-refractivity contribution in [3.63, 3.8) is 0 Å². The molecule has 0 bridgehead atoms. The SMILES string of the molecule is O=c1c2ccccc2nc(-c2cc3cc(Br)ccc3o2)n1N=Cc1ccc(-c2ccc(Cl)cc2Cl)o1. The standard InChI is InChI=1S/C27H14BrCl2N3O3/c28-16-5-9-23-15(11-16)12-25(36-23)26-32-22-4-2-1-3-20(22)27(34)33(26)31-14-18-7-10-24(35-18)19-8-6-17(29)13-21(19)30/h1-14H. The fourth-order valence-corrected chi connectivity index (χ4v) is 4.77. The van der Waals surface area contributed by atoms with Crippen LogP contribution in [-0.2, 0) is 0 Å². The minimum Gasteiger partial charge on any atom is -0.455 e. The fraction of sp³-hybridized carbons (Fsp3) is 0. The van der Waals surface area contributed by atoms with Gasteiger partial charge < -0.3 is 8.83 Å². The number of para-hydroxylation sites is 1. The summed E-state index contributed by atoms with van der Waals surface area (Å²) in [6, 6.07) is 23.3.